The Hall–Kier alpha value is -2.07. The highest BCUT2D eigenvalue weighted by molar-refractivity contribution is 5.35. The normalized spacial score (nSPS) is 11.9. The molecule has 18 heavy (non-hydrogen) atoms. The molecule has 0 saturated carbocycles. The van der Waals surface area contributed by atoms with Crippen molar-refractivity contribution in [2.75, 3.05) is 7.11 Å². The molecular weight excluding hydrogens is 228 g/mol. The van der Waals surface area contributed by atoms with E-state index in [4.69, 9.17) is 15.2 Å². The third kappa shape index (κ3) is 2.99. The van der Waals surface area contributed by atoms with Gasteiger partial charge < -0.3 is 15.2 Å². The van der Waals surface area contributed by atoms with Crippen LogP contribution in [0.25, 0.3) is 0 Å². The molecule has 2 rings (SSSR count). The van der Waals surface area contributed by atoms with Gasteiger partial charge in [-0.05, 0) is 24.6 Å². The summed E-state index contributed by atoms with van der Waals surface area (Å²) in [6, 6.07) is 11.1. The minimum absolute atomic E-state index is 0.0247. The van der Waals surface area contributed by atoms with Crippen LogP contribution in [0.1, 0.15) is 18.5 Å². The first-order chi connectivity index (χ1) is 8.69. The third-order valence-corrected chi connectivity index (χ3v) is 2.55. The van der Waals surface area contributed by atoms with E-state index in [0.29, 0.717) is 11.6 Å². The average Bonchev–Trinajstić information content (AvgIpc) is 2.39. The van der Waals surface area contributed by atoms with Gasteiger partial charge in [0, 0.05) is 24.4 Å². The minimum Gasteiger partial charge on any atom is -0.497 e. The van der Waals surface area contributed by atoms with Crippen molar-refractivity contribution in [3.8, 4) is 17.4 Å². The highest BCUT2D eigenvalue weighted by Crippen LogP contribution is 2.24. The number of pyridine rings is 1. The number of aromatic nitrogens is 1. The molecule has 1 aromatic heterocycles. The molecule has 0 bridgehead atoms. The van der Waals surface area contributed by atoms with Gasteiger partial charge in [0.2, 0.25) is 5.88 Å². The van der Waals surface area contributed by atoms with Gasteiger partial charge in [0.15, 0.2) is 0 Å². The highest BCUT2D eigenvalue weighted by Gasteiger charge is 2.03. The predicted molar refractivity (Wildman–Crippen MR) is 69.9 cm³/mol. The van der Waals surface area contributed by atoms with Crippen LogP contribution in [0, 0.1) is 0 Å². The number of benzene rings is 1. The number of methoxy groups -OCH3 is 1. The molecule has 4 nitrogen and oxygen atoms in total. The molecule has 2 aromatic rings. The van der Waals surface area contributed by atoms with Crippen LogP contribution < -0.4 is 15.2 Å². The number of nitrogens with two attached hydrogens (primary N) is 1. The zero-order valence-corrected chi connectivity index (χ0v) is 10.5. The molecular formula is C14H16N2O2. The zero-order chi connectivity index (χ0) is 13.0. The van der Waals surface area contributed by atoms with Crippen molar-refractivity contribution in [1.82, 2.24) is 4.98 Å². The monoisotopic (exact) mass is 244 g/mol. The quantitative estimate of drug-likeness (QED) is 0.898. The Balaban J connectivity index is 2.13. The fourth-order valence-electron chi connectivity index (χ4n) is 1.51. The number of hydrogen-bond donors (Lipinski definition) is 1. The van der Waals surface area contributed by atoms with Gasteiger partial charge in [-0.3, -0.25) is 0 Å². The first-order valence-electron chi connectivity index (χ1n) is 5.72. The lowest BCUT2D eigenvalue weighted by Crippen LogP contribution is -2.05. The summed E-state index contributed by atoms with van der Waals surface area (Å²) in [4.78, 5) is 4.21. The molecule has 2 N–H and O–H groups in total. The lowest BCUT2D eigenvalue weighted by molar-refractivity contribution is 0.407. The van der Waals surface area contributed by atoms with Crippen LogP contribution in [-0.4, -0.2) is 12.1 Å². The van der Waals surface area contributed by atoms with Crippen LogP contribution in [0.2, 0.25) is 0 Å². The summed E-state index contributed by atoms with van der Waals surface area (Å²) in [7, 11) is 1.62. The van der Waals surface area contributed by atoms with Crippen molar-refractivity contribution < 1.29 is 9.47 Å². The fourth-order valence-corrected chi connectivity index (χ4v) is 1.51. The highest BCUT2D eigenvalue weighted by atomic mass is 16.5. The number of hydrogen-bond acceptors (Lipinski definition) is 4. The SMILES string of the molecule is COc1cccc(Oc2ccc([C@H](C)N)cn2)c1. The summed E-state index contributed by atoms with van der Waals surface area (Å²) in [5.74, 6) is 1.97. The van der Waals surface area contributed by atoms with Crippen LogP contribution in [-0.2, 0) is 0 Å². The summed E-state index contributed by atoms with van der Waals surface area (Å²) < 4.78 is 10.7. The molecule has 0 fully saturated rings. The number of nitrogens with zero attached hydrogens (tertiary/aromatic N) is 1. The number of rotatable bonds is 4. The van der Waals surface area contributed by atoms with Crippen molar-refractivity contribution in [2.24, 2.45) is 5.73 Å². The van der Waals surface area contributed by atoms with Crippen molar-refractivity contribution in [2.45, 2.75) is 13.0 Å². The number of ether oxygens (including phenoxy) is 2. The van der Waals surface area contributed by atoms with E-state index in [1.807, 2.05) is 31.2 Å². The summed E-state index contributed by atoms with van der Waals surface area (Å²) in [6.45, 7) is 1.92. The van der Waals surface area contributed by atoms with Crippen LogP contribution in [0.4, 0.5) is 0 Å². The van der Waals surface area contributed by atoms with E-state index in [2.05, 4.69) is 4.98 Å². The van der Waals surface area contributed by atoms with Gasteiger partial charge in [-0.15, -0.1) is 0 Å². The van der Waals surface area contributed by atoms with Crippen molar-refractivity contribution in [1.29, 1.82) is 0 Å². The topological polar surface area (TPSA) is 57.4 Å². The molecule has 0 aliphatic carbocycles. The second-order valence-electron chi connectivity index (χ2n) is 4.00. The van der Waals surface area contributed by atoms with E-state index in [9.17, 15) is 0 Å². The summed E-state index contributed by atoms with van der Waals surface area (Å²) in [5, 5.41) is 0. The Morgan fingerprint density at radius 1 is 1.17 bits per heavy atom. The Labute approximate surface area is 106 Å². The molecule has 0 spiro atoms. The third-order valence-electron chi connectivity index (χ3n) is 2.55. The first kappa shape index (κ1) is 12.4. The standard InChI is InChI=1S/C14H16N2O2/c1-10(15)11-6-7-14(16-9-11)18-13-5-3-4-12(8-13)17-2/h3-10H,15H2,1-2H3/t10-/m0/s1. The van der Waals surface area contributed by atoms with E-state index in [0.717, 1.165) is 11.3 Å². The molecule has 1 heterocycles. The second kappa shape index (κ2) is 5.51. The largest absolute Gasteiger partial charge is 0.497 e. The van der Waals surface area contributed by atoms with Gasteiger partial charge >= 0.3 is 0 Å². The zero-order valence-electron chi connectivity index (χ0n) is 10.5. The smallest absolute Gasteiger partial charge is 0.219 e. The van der Waals surface area contributed by atoms with Crippen molar-refractivity contribution in [3.63, 3.8) is 0 Å². The van der Waals surface area contributed by atoms with E-state index >= 15 is 0 Å². The summed E-state index contributed by atoms with van der Waals surface area (Å²) >= 11 is 0. The maximum absolute atomic E-state index is 5.76. The molecule has 1 aromatic carbocycles. The Kier molecular flexibility index (Phi) is 3.79. The van der Waals surface area contributed by atoms with Crippen LogP contribution in [0.15, 0.2) is 42.6 Å². The van der Waals surface area contributed by atoms with Gasteiger partial charge in [0.05, 0.1) is 7.11 Å². The molecule has 1 atom stereocenters. The van der Waals surface area contributed by atoms with E-state index < -0.39 is 0 Å². The molecule has 0 radical (unpaired) electrons. The molecule has 0 aliphatic heterocycles. The maximum atomic E-state index is 5.76. The second-order valence-corrected chi connectivity index (χ2v) is 4.00. The Morgan fingerprint density at radius 2 is 1.94 bits per heavy atom. The van der Waals surface area contributed by atoms with Gasteiger partial charge in [-0.25, -0.2) is 4.98 Å². The molecule has 0 aliphatic rings. The average molecular weight is 244 g/mol. The molecule has 4 heteroatoms. The van der Waals surface area contributed by atoms with Crippen LogP contribution >= 0.6 is 0 Å². The van der Waals surface area contributed by atoms with Crippen LogP contribution in [0.5, 0.6) is 17.4 Å². The van der Waals surface area contributed by atoms with Gasteiger partial charge in [0.1, 0.15) is 11.5 Å². The lowest BCUT2D eigenvalue weighted by atomic mass is 10.2. The molecule has 0 unspecified atom stereocenters. The maximum Gasteiger partial charge on any atom is 0.219 e. The minimum atomic E-state index is -0.0247. The Morgan fingerprint density at radius 3 is 2.56 bits per heavy atom. The van der Waals surface area contributed by atoms with Gasteiger partial charge in [0.25, 0.3) is 0 Å². The molecule has 0 saturated heterocycles. The fraction of sp³-hybridized carbons (Fsp3) is 0.214. The molecule has 94 valence electrons. The summed E-state index contributed by atoms with van der Waals surface area (Å²) in [5.41, 5.74) is 6.74. The van der Waals surface area contributed by atoms with Gasteiger partial charge in [-0.1, -0.05) is 12.1 Å². The Bertz CT molecular complexity index is 509. The first-order valence-corrected chi connectivity index (χ1v) is 5.72. The van der Waals surface area contributed by atoms with E-state index in [1.165, 1.54) is 0 Å². The van der Waals surface area contributed by atoms with Crippen LogP contribution in [0.3, 0.4) is 0 Å². The van der Waals surface area contributed by atoms with Crippen molar-refractivity contribution in [3.05, 3.63) is 48.2 Å². The predicted octanol–water partition coefficient (Wildman–Crippen LogP) is 2.90. The van der Waals surface area contributed by atoms with E-state index in [-0.39, 0.29) is 6.04 Å². The van der Waals surface area contributed by atoms with E-state index in [1.54, 1.807) is 25.4 Å². The summed E-state index contributed by atoms with van der Waals surface area (Å²) in [6.07, 6.45) is 1.72. The van der Waals surface area contributed by atoms with Gasteiger partial charge in [-0.2, -0.15) is 0 Å². The van der Waals surface area contributed by atoms with Crippen molar-refractivity contribution >= 4 is 0 Å². The lowest BCUT2D eigenvalue weighted by Gasteiger charge is -2.08. The molecule has 0 amide bonds.